The van der Waals surface area contributed by atoms with Gasteiger partial charge in [-0.15, -0.1) is 0 Å². The summed E-state index contributed by atoms with van der Waals surface area (Å²) in [6, 6.07) is 14.5. The van der Waals surface area contributed by atoms with E-state index >= 15 is 0 Å². The van der Waals surface area contributed by atoms with E-state index in [1.807, 2.05) is 16.9 Å². The lowest BCUT2D eigenvalue weighted by Gasteiger charge is -2.42. The van der Waals surface area contributed by atoms with Gasteiger partial charge in [0.1, 0.15) is 4.67 Å². The van der Waals surface area contributed by atoms with Crippen LogP contribution in [-0.4, -0.2) is 21.4 Å². The number of anilines is 1. The Morgan fingerprint density at radius 2 is 1.73 bits per heavy atom. The molecule has 0 saturated carbocycles. The summed E-state index contributed by atoms with van der Waals surface area (Å²) >= 11 is 0. The van der Waals surface area contributed by atoms with Gasteiger partial charge in [-0.25, -0.2) is 18.1 Å². The molecule has 2 heterocycles. The first-order valence-corrected chi connectivity index (χ1v) is 12.9. The molecule has 0 spiro atoms. The molecule has 3 aromatic rings. The Morgan fingerprint density at radius 1 is 1.07 bits per heavy atom. The van der Waals surface area contributed by atoms with E-state index in [0.29, 0.717) is 5.69 Å². The van der Waals surface area contributed by atoms with E-state index in [2.05, 4.69) is 37.9 Å². The van der Waals surface area contributed by atoms with Gasteiger partial charge in [0.05, 0.1) is 21.0 Å². The van der Waals surface area contributed by atoms with E-state index in [9.17, 15) is 13.2 Å². The highest BCUT2D eigenvalue weighted by Crippen LogP contribution is 2.48. The highest BCUT2D eigenvalue weighted by Gasteiger charge is 2.37. The minimum absolute atomic E-state index is 0.0285. The van der Waals surface area contributed by atoms with Crippen LogP contribution in [0.5, 0.6) is 0 Å². The van der Waals surface area contributed by atoms with Crippen LogP contribution in [0.1, 0.15) is 25.6 Å². The highest BCUT2D eigenvalue weighted by molar-refractivity contribution is 7.90. The van der Waals surface area contributed by atoms with Crippen molar-refractivity contribution in [3.63, 3.8) is 0 Å². The van der Waals surface area contributed by atoms with E-state index in [0.717, 1.165) is 21.5 Å². The third-order valence-corrected chi connectivity index (χ3v) is 9.31. The van der Waals surface area contributed by atoms with Crippen LogP contribution >= 0.6 is 20.7 Å². The molecule has 0 bridgehead atoms. The summed E-state index contributed by atoms with van der Waals surface area (Å²) in [5.74, 6) is -0.623. The Balaban J connectivity index is 1.81. The molecule has 156 valence electrons. The minimum Gasteiger partial charge on any atom is -0.364 e. The van der Waals surface area contributed by atoms with Crippen LogP contribution in [0.3, 0.4) is 0 Å². The van der Waals surface area contributed by atoms with Gasteiger partial charge in [0, 0.05) is 30.8 Å². The first-order chi connectivity index (χ1) is 14.1. The van der Waals surface area contributed by atoms with Gasteiger partial charge in [-0.3, -0.25) is 4.79 Å². The minimum atomic E-state index is -3.86. The SMILES string of the molecule is CC(=O)NS(=O)(=O)c1ccc(N=c2ssc3c2-c2ccccc2N(C)C3(C)C)cc1. The summed E-state index contributed by atoms with van der Waals surface area (Å²) in [4.78, 5) is 19.5. The number of sulfonamides is 1. The summed E-state index contributed by atoms with van der Waals surface area (Å²) in [5, 5.41) is 0. The smallest absolute Gasteiger partial charge is 0.264 e. The van der Waals surface area contributed by atoms with Gasteiger partial charge in [0.25, 0.3) is 10.0 Å². The van der Waals surface area contributed by atoms with Crippen molar-refractivity contribution in [3.8, 4) is 11.1 Å². The van der Waals surface area contributed by atoms with Crippen molar-refractivity contribution in [1.29, 1.82) is 0 Å². The molecule has 0 unspecified atom stereocenters. The van der Waals surface area contributed by atoms with Crippen LogP contribution < -0.4 is 14.3 Å². The molecular weight excluding hydrogens is 438 g/mol. The van der Waals surface area contributed by atoms with Gasteiger partial charge in [-0.2, -0.15) is 0 Å². The number of carbonyl (C=O) groups excluding carboxylic acids is 1. The molecule has 1 amide bonds. The molecule has 1 aliphatic rings. The van der Waals surface area contributed by atoms with Crippen molar-refractivity contribution in [2.45, 2.75) is 31.2 Å². The van der Waals surface area contributed by atoms with Crippen LogP contribution in [0.2, 0.25) is 0 Å². The average Bonchev–Trinajstić information content (AvgIpc) is 3.10. The van der Waals surface area contributed by atoms with Gasteiger partial charge in [-0.05, 0) is 44.2 Å². The number of hydrogen-bond donors (Lipinski definition) is 1. The normalized spacial score (nSPS) is 15.5. The van der Waals surface area contributed by atoms with Gasteiger partial charge in [-0.1, -0.05) is 38.9 Å². The third kappa shape index (κ3) is 3.46. The number of carbonyl (C=O) groups is 1. The summed E-state index contributed by atoms with van der Waals surface area (Å²) < 4.78 is 27.1. The van der Waals surface area contributed by atoms with Crippen molar-refractivity contribution in [1.82, 2.24) is 4.72 Å². The van der Waals surface area contributed by atoms with E-state index in [1.54, 1.807) is 32.8 Å². The zero-order chi connectivity index (χ0) is 21.7. The number of amides is 1. The lowest BCUT2D eigenvalue weighted by Crippen LogP contribution is -2.41. The number of hydrogen-bond acceptors (Lipinski definition) is 7. The zero-order valence-corrected chi connectivity index (χ0v) is 19.4. The molecule has 0 aliphatic carbocycles. The second kappa shape index (κ2) is 7.33. The van der Waals surface area contributed by atoms with Crippen LogP contribution in [0.25, 0.3) is 11.1 Å². The van der Waals surface area contributed by atoms with Crippen molar-refractivity contribution in [3.05, 3.63) is 58.1 Å². The molecule has 1 N–H and O–H groups in total. The second-order valence-electron chi connectivity index (χ2n) is 7.58. The fourth-order valence-corrected chi connectivity index (χ4v) is 7.47. The molecule has 1 aliphatic heterocycles. The van der Waals surface area contributed by atoms with E-state index in [-0.39, 0.29) is 10.4 Å². The van der Waals surface area contributed by atoms with Crippen LogP contribution in [0.4, 0.5) is 11.4 Å². The number of benzene rings is 2. The fourth-order valence-electron chi connectivity index (χ4n) is 3.48. The Hall–Kier alpha value is -2.49. The van der Waals surface area contributed by atoms with Crippen molar-refractivity contribution in [2.24, 2.45) is 4.99 Å². The van der Waals surface area contributed by atoms with E-state index in [1.165, 1.54) is 23.9 Å². The Morgan fingerprint density at radius 3 is 2.40 bits per heavy atom. The number of fused-ring (bicyclic) bond motifs is 3. The molecule has 4 rings (SSSR count). The Kier molecular flexibility index (Phi) is 5.08. The summed E-state index contributed by atoms with van der Waals surface area (Å²) in [5.41, 5.74) is 3.94. The molecule has 0 radical (unpaired) electrons. The number of nitrogens with zero attached hydrogens (tertiary/aromatic N) is 2. The maximum absolute atomic E-state index is 12.1. The predicted molar refractivity (Wildman–Crippen MR) is 122 cm³/mol. The zero-order valence-electron chi connectivity index (χ0n) is 17.0. The number of nitrogens with one attached hydrogen (secondary N) is 1. The predicted octanol–water partition coefficient (Wildman–Crippen LogP) is 4.22. The van der Waals surface area contributed by atoms with Crippen LogP contribution in [0, 0.1) is 0 Å². The molecule has 2 aromatic carbocycles. The van der Waals surface area contributed by atoms with Crippen molar-refractivity contribution >= 4 is 48.0 Å². The monoisotopic (exact) mass is 459 g/mol. The molecule has 30 heavy (non-hydrogen) atoms. The van der Waals surface area contributed by atoms with Crippen LogP contribution in [0.15, 0.2) is 58.4 Å². The Bertz CT molecular complexity index is 1300. The van der Waals surface area contributed by atoms with Gasteiger partial charge >= 0.3 is 0 Å². The maximum atomic E-state index is 12.1. The standard InChI is InChI=1S/C21H21N3O3S3/c1-13(25)23-30(26,27)15-11-9-14(10-12-15)22-20-18-16-7-5-6-8-17(16)24(4)21(2,3)19(18)28-29-20/h5-12H,1-4H3,(H,23,25). The maximum Gasteiger partial charge on any atom is 0.264 e. The Labute approximate surface area is 183 Å². The van der Waals surface area contributed by atoms with Crippen molar-refractivity contribution < 1.29 is 13.2 Å². The van der Waals surface area contributed by atoms with E-state index < -0.39 is 15.9 Å². The molecule has 0 fully saturated rings. The summed E-state index contributed by atoms with van der Waals surface area (Å²) in [6.45, 7) is 5.58. The third-order valence-electron chi connectivity index (χ3n) is 5.23. The summed E-state index contributed by atoms with van der Waals surface area (Å²) in [6.07, 6.45) is 0. The van der Waals surface area contributed by atoms with Gasteiger partial charge < -0.3 is 4.90 Å². The molecule has 1 aromatic heterocycles. The lowest BCUT2D eigenvalue weighted by molar-refractivity contribution is -0.117. The first kappa shape index (κ1) is 20.8. The fraction of sp³-hybridized carbons (Fsp3) is 0.238. The molecule has 6 nitrogen and oxygen atoms in total. The van der Waals surface area contributed by atoms with Gasteiger partial charge in [0.2, 0.25) is 5.91 Å². The largest absolute Gasteiger partial charge is 0.364 e. The highest BCUT2D eigenvalue weighted by atomic mass is 32.9. The summed E-state index contributed by atoms with van der Waals surface area (Å²) in [7, 11) is 1.59. The first-order valence-electron chi connectivity index (χ1n) is 9.26. The van der Waals surface area contributed by atoms with Gasteiger partial charge in [0.15, 0.2) is 0 Å². The second-order valence-corrected chi connectivity index (χ2v) is 11.4. The number of para-hydroxylation sites is 1. The molecular formula is C21H21N3O3S3. The van der Waals surface area contributed by atoms with E-state index in [4.69, 9.17) is 4.99 Å². The molecule has 9 heteroatoms. The van der Waals surface area contributed by atoms with Crippen molar-refractivity contribution in [2.75, 3.05) is 11.9 Å². The topological polar surface area (TPSA) is 78.8 Å². The quantitative estimate of drug-likeness (QED) is 0.595. The number of rotatable bonds is 3. The lowest BCUT2D eigenvalue weighted by atomic mass is 9.88. The average molecular weight is 460 g/mol. The molecule has 0 saturated heterocycles. The molecule has 0 atom stereocenters. The van der Waals surface area contributed by atoms with Crippen LogP contribution in [-0.2, 0) is 20.4 Å².